The monoisotopic (exact) mass is 380 g/mol. The average molecular weight is 380 g/mol. The summed E-state index contributed by atoms with van der Waals surface area (Å²) in [5.41, 5.74) is 2.50. The Hall–Kier alpha value is -3.54. The van der Waals surface area contributed by atoms with Crippen LogP contribution in [0.1, 0.15) is 15.9 Å². The van der Waals surface area contributed by atoms with Gasteiger partial charge in [-0.05, 0) is 42.0 Å². The first-order valence-corrected chi connectivity index (χ1v) is 8.71. The molecule has 0 saturated carbocycles. The van der Waals surface area contributed by atoms with Crippen molar-refractivity contribution in [3.63, 3.8) is 0 Å². The van der Waals surface area contributed by atoms with E-state index in [9.17, 15) is 9.18 Å². The Morgan fingerprint density at radius 2 is 1.64 bits per heavy atom. The van der Waals surface area contributed by atoms with Crippen LogP contribution in [0.15, 0.2) is 66.7 Å². The Bertz CT molecular complexity index is 958. The number of carbonyl (C=O) groups excluding carboxylic acids is 1. The van der Waals surface area contributed by atoms with Gasteiger partial charge in [0, 0.05) is 23.9 Å². The van der Waals surface area contributed by atoms with E-state index in [1.807, 2.05) is 30.3 Å². The van der Waals surface area contributed by atoms with Gasteiger partial charge in [0.05, 0.1) is 19.9 Å². The van der Waals surface area contributed by atoms with Crippen molar-refractivity contribution in [3.8, 4) is 11.5 Å². The molecule has 0 unspecified atom stereocenters. The fourth-order valence-corrected chi connectivity index (χ4v) is 2.68. The molecule has 28 heavy (non-hydrogen) atoms. The summed E-state index contributed by atoms with van der Waals surface area (Å²) in [6.45, 7) is 0.574. The molecule has 2 N–H and O–H groups in total. The molecule has 0 spiro atoms. The molecule has 0 fully saturated rings. The summed E-state index contributed by atoms with van der Waals surface area (Å²) in [6, 6.07) is 18.8. The van der Waals surface area contributed by atoms with Crippen molar-refractivity contribution in [1.29, 1.82) is 0 Å². The van der Waals surface area contributed by atoms with Crippen molar-refractivity contribution in [2.75, 3.05) is 24.9 Å². The molecule has 0 heterocycles. The lowest BCUT2D eigenvalue weighted by Gasteiger charge is -2.12. The maximum Gasteiger partial charge on any atom is 0.255 e. The largest absolute Gasteiger partial charge is 0.493 e. The molecule has 0 saturated heterocycles. The second-order valence-corrected chi connectivity index (χ2v) is 6.05. The average Bonchev–Trinajstić information content (AvgIpc) is 2.74. The summed E-state index contributed by atoms with van der Waals surface area (Å²) in [7, 11) is 3.18. The number of rotatable bonds is 7. The number of hydrogen-bond donors (Lipinski definition) is 2. The second-order valence-electron chi connectivity index (χ2n) is 6.05. The van der Waals surface area contributed by atoms with Crippen molar-refractivity contribution in [2.24, 2.45) is 0 Å². The zero-order chi connectivity index (χ0) is 19.9. The number of amides is 1. The van der Waals surface area contributed by atoms with Crippen LogP contribution < -0.4 is 20.1 Å². The quantitative estimate of drug-likeness (QED) is 0.623. The number of methoxy groups -OCH3 is 2. The lowest BCUT2D eigenvalue weighted by atomic mass is 10.1. The van der Waals surface area contributed by atoms with Gasteiger partial charge in [-0.15, -0.1) is 0 Å². The first-order chi connectivity index (χ1) is 13.6. The van der Waals surface area contributed by atoms with Crippen LogP contribution in [0.2, 0.25) is 0 Å². The van der Waals surface area contributed by atoms with Crippen molar-refractivity contribution in [3.05, 3.63) is 83.7 Å². The molecule has 5 nitrogen and oxygen atoms in total. The third-order valence-corrected chi connectivity index (χ3v) is 4.22. The van der Waals surface area contributed by atoms with Crippen molar-refractivity contribution < 1.29 is 18.7 Å². The van der Waals surface area contributed by atoms with Gasteiger partial charge in [0.25, 0.3) is 5.91 Å². The molecular formula is C22H21FN2O3. The molecule has 0 radical (unpaired) electrons. The van der Waals surface area contributed by atoms with Gasteiger partial charge in [0.15, 0.2) is 11.5 Å². The Morgan fingerprint density at radius 3 is 2.32 bits per heavy atom. The summed E-state index contributed by atoms with van der Waals surface area (Å²) >= 11 is 0. The van der Waals surface area contributed by atoms with Gasteiger partial charge in [0.1, 0.15) is 5.82 Å². The minimum Gasteiger partial charge on any atom is -0.493 e. The summed E-state index contributed by atoms with van der Waals surface area (Å²) in [5.74, 6) is 0.488. The first kappa shape index (κ1) is 19.2. The summed E-state index contributed by atoms with van der Waals surface area (Å²) in [5, 5.41) is 5.87. The fourth-order valence-electron chi connectivity index (χ4n) is 2.68. The number of nitrogens with one attached hydrogen (secondary N) is 2. The van der Waals surface area contributed by atoms with Crippen molar-refractivity contribution in [1.82, 2.24) is 0 Å². The van der Waals surface area contributed by atoms with Crippen LogP contribution >= 0.6 is 0 Å². The van der Waals surface area contributed by atoms with Crippen LogP contribution in [0.5, 0.6) is 11.5 Å². The maximum atomic E-state index is 13.7. The summed E-state index contributed by atoms with van der Waals surface area (Å²) < 4.78 is 24.2. The van der Waals surface area contributed by atoms with E-state index in [1.165, 1.54) is 12.1 Å². The lowest BCUT2D eigenvalue weighted by Crippen LogP contribution is -2.13. The highest BCUT2D eigenvalue weighted by Gasteiger charge is 2.09. The zero-order valence-corrected chi connectivity index (χ0v) is 15.7. The van der Waals surface area contributed by atoms with E-state index in [1.54, 1.807) is 38.5 Å². The molecule has 0 bridgehead atoms. The van der Waals surface area contributed by atoms with Gasteiger partial charge in [-0.2, -0.15) is 0 Å². The molecule has 3 rings (SSSR count). The van der Waals surface area contributed by atoms with E-state index in [0.29, 0.717) is 23.6 Å². The highest BCUT2D eigenvalue weighted by atomic mass is 19.1. The van der Waals surface area contributed by atoms with E-state index >= 15 is 0 Å². The van der Waals surface area contributed by atoms with E-state index in [4.69, 9.17) is 9.47 Å². The molecule has 144 valence electrons. The number of hydrogen-bond acceptors (Lipinski definition) is 4. The summed E-state index contributed by atoms with van der Waals surface area (Å²) in [6.07, 6.45) is 0. The van der Waals surface area contributed by atoms with E-state index < -0.39 is 5.82 Å². The Labute approximate surface area is 163 Å². The molecule has 1 amide bonds. The molecule has 3 aromatic carbocycles. The predicted molar refractivity (Wildman–Crippen MR) is 108 cm³/mol. The van der Waals surface area contributed by atoms with Crippen LogP contribution in [0.25, 0.3) is 0 Å². The van der Waals surface area contributed by atoms with Crippen LogP contribution in [0.3, 0.4) is 0 Å². The normalized spacial score (nSPS) is 10.2. The minimum atomic E-state index is -0.466. The molecule has 0 aliphatic carbocycles. The molecule has 0 aromatic heterocycles. The van der Waals surface area contributed by atoms with Crippen LogP contribution in [0, 0.1) is 5.82 Å². The van der Waals surface area contributed by atoms with Crippen LogP contribution in [-0.4, -0.2) is 20.1 Å². The van der Waals surface area contributed by atoms with E-state index in [-0.39, 0.29) is 11.6 Å². The molecule has 0 aliphatic rings. The SMILES string of the molecule is COc1ccc(NCc2ccc(C(=O)Nc3ccccc3F)cc2)cc1OC. The van der Waals surface area contributed by atoms with Crippen LogP contribution in [-0.2, 0) is 6.54 Å². The Morgan fingerprint density at radius 1 is 0.929 bits per heavy atom. The van der Waals surface area contributed by atoms with Gasteiger partial charge in [-0.3, -0.25) is 4.79 Å². The molecule has 0 atom stereocenters. The van der Waals surface area contributed by atoms with Gasteiger partial charge in [-0.1, -0.05) is 24.3 Å². The van der Waals surface area contributed by atoms with Crippen molar-refractivity contribution >= 4 is 17.3 Å². The minimum absolute atomic E-state index is 0.159. The van der Waals surface area contributed by atoms with E-state index in [2.05, 4.69) is 10.6 Å². The van der Waals surface area contributed by atoms with E-state index in [0.717, 1.165) is 11.3 Å². The smallest absolute Gasteiger partial charge is 0.255 e. The number of para-hydroxylation sites is 1. The highest BCUT2D eigenvalue weighted by molar-refractivity contribution is 6.04. The Kier molecular flexibility index (Phi) is 6.11. The molecule has 3 aromatic rings. The number of halogens is 1. The summed E-state index contributed by atoms with van der Waals surface area (Å²) in [4.78, 5) is 12.3. The van der Waals surface area contributed by atoms with Crippen molar-refractivity contribution in [2.45, 2.75) is 6.54 Å². The maximum absolute atomic E-state index is 13.7. The first-order valence-electron chi connectivity index (χ1n) is 8.71. The van der Waals surface area contributed by atoms with Gasteiger partial charge in [-0.25, -0.2) is 4.39 Å². The second kappa shape index (κ2) is 8.90. The van der Waals surface area contributed by atoms with Gasteiger partial charge in [0.2, 0.25) is 0 Å². The molecule has 0 aliphatic heterocycles. The van der Waals surface area contributed by atoms with Gasteiger partial charge < -0.3 is 20.1 Å². The van der Waals surface area contributed by atoms with Crippen LogP contribution in [0.4, 0.5) is 15.8 Å². The zero-order valence-electron chi connectivity index (χ0n) is 15.7. The third kappa shape index (κ3) is 4.59. The number of ether oxygens (including phenoxy) is 2. The topological polar surface area (TPSA) is 59.6 Å². The van der Waals surface area contributed by atoms with Gasteiger partial charge >= 0.3 is 0 Å². The molecular weight excluding hydrogens is 359 g/mol. The highest BCUT2D eigenvalue weighted by Crippen LogP contribution is 2.29. The number of carbonyl (C=O) groups is 1. The number of anilines is 2. The third-order valence-electron chi connectivity index (χ3n) is 4.22. The fraction of sp³-hybridized carbons (Fsp3) is 0.136. The number of benzene rings is 3. The predicted octanol–water partition coefficient (Wildman–Crippen LogP) is 4.71. The lowest BCUT2D eigenvalue weighted by molar-refractivity contribution is 0.102. The standard InChI is InChI=1S/C22H21FN2O3/c1-27-20-12-11-17(13-21(20)28-2)24-14-15-7-9-16(10-8-15)22(26)25-19-6-4-3-5-18(19)23/h3-13,24H,14H2,1-2H3,(H,25,26). The Balaban J connectivity index is 1.61. The molecule has 6 heteroatoms.